The first-order chi connectivity index (χ1) is 13.4. The molecule has 0 aromatic carbocycles. The molecule has 0 bridgehead atoms. The lowest BCUT2D eigenvalue weighted by molar-refractivity contribution is 0.169. The van der Waals surface area contributed by atoms with Crippen molar-refractivity contribution >= 4 is 0 Å². The smallest absolute Gasteiger partial charge is 0.00218 e. The Morgan fingerprint density at radius 2 is 1.74 bits per heavy atom. The van der Waals surface area contributed by atoms with Gasteiger partial charge in [-0.2, -0.15) is 0 Å². The van der Waals surface area contributed by atoms with Crippen molar-refractivity contribution in [2.45, 2.75) is 110 Å². The molecular weight excluding hydrogens is 328 g/mol. The van der Waals surface area contributed by atoms with Gasteiger partial charge in [-0.25, -0.2) is 0 Å². The van der Waals surface area contributed by atoms with Crippen molar-refractivity contribution in [1.82, 2.24) is 10.2 Å². The molecule has 1 unspecified atom stereocenters. The highest BCUT2D eigenvalue weighted by molar-refractivity contribution is 5.05. The van der Waals surface area contributed by atoms with Crippen LogP contribution in [0, 0.1) is 5.92 Å². The molecule has 0 amide bonds. The standard InChI is InChI=1S/C25H48N2/c1-2-3-4-5-6-7-8-9-13-20-27-21-14-17-25(23-27)22-26-19-18-24-15-11-10-12-16-24/h15,25-26H,2-14,16-23H2,1H3. The molecule has 2 nitrogen and oxygen atoms in total. The van der Waals surface area contributed by atoms with Crippen molar-refractivity contribution in [3.63, 3.8) is 0 Å². The second-order valence-corrected chi connectivity index (χ2v) is 9.20. The normalized spacial score (nSPS) is 21.4. The second kappa shape index (κ2) is 15.6. The Bertz CT molecular complexity index is 377. The van der Waals surface area contributed by atoms with Gasteiger partial charge < -0.3 is 10.2 Å². The highest BCUT2D eigenvalue weighted by atomic mass is 15.1. The average molecular weight is 377 g/mol. The molecule has 0 saturated carbocycles. The SMILES string of the molecule is CCCCCCCCCCCN1CCCC(CNCCC2=CCCCC2)C1. The lowest BCUT2D eigenvalue weighted by Crippen LogP contribution is -2.40. The first-order valence-electron chi connectivity index (χ1n) is 12.5. The van der Waals surface area contributed by atoms with Gasteiger partial charge in [0.1, 0.15) is 0 Å². The molecule has 1 atom stereocenters. The fourth-order valence-corrected chi connectivity index (χ4v) is 4.85. The van der Waals surface area contributed by atoms with E-state index in [4.69, 9.17) is 0 Å². The summed E-state index contributed by atoms with van der Waals surface area (Å²) in [5.74, 6) is 0.887. The van der Waals surface area contributed by atoms with E-state index in [1.165, 1.54) is 135 Å². The summed E-state index contributed by atoms with van der Waals surface area (Å²) in [7, 11) is 0. The molecule has 1 heterocycles. The van der Waals surface area contributed by atoms with Gasteiger partial charge in [0.05, 0.1) is 0 Å². The van der Waals surface area contributed by atoms with Crippen molar-refractivity contribution in [3.8, 4) is 0 Å². The van der Waals surface area contributed by atoms with Crippen LogP contribution in [-0.2, 0) is 0 Å². The van der Waals surface area contributed by atoms with Gasteiger partial charge in [-0.05, 0) is 83.5 Å². The van der Waals surface area contributed by atoms with Gasteiger partial charge in [-0.1, -0.05) is 69.9 Å². The summed E-state index contributed by atoms with van der Waals surface area (Å²) in [6.45, 7) is 8.77. The molecule has 27 heavy (non-hydrogen) atoms. The zero-order valence-electron chi connectivity index (χ0n) is 18.5. The number of allylic oxidation sites excluding steroid dienone is 1. The third-order valence-corrected chi connectivity index (χ3v) is 6.62. The van der Waals surface area contributed by atoms with Crippen molar-refractivity contribution in [2.75, 3.05) is 32.7 Å². The van der Waals surface area contributed by atoms with Crippen LogP contribution in [-0.4, -0.2) is 37.6 Å². The third-order valence-electron chi connectivity index (χ3n) is 6.62. The molecule has 158 valence electrons. The Morgan fingerprint density at radius 1 is 0.963 bits per heavy atom. The molecular formula is C25H48N2. The summed E-state index contributed by atoms with van der Waals surface area (Å²) >= 11 is 0. The van der Waals surface area contributed by atoms with Gasteiger partial charge in [-0.15, -0.1) is 0 Å². The van der Waals surface area contributed by atoms with E-state index in [0.717, 1.165) is 5.92 Å². The number of piperidine rings is 1. The van der Waals surface area contributed by atoms with Crippen LogP contribution in [0.25, 0.3) is 0 Å². The minimum atomic E-state index is 0.887. The summed E-state index contributed by atoms with van der Waals surface area (Å²) < 4.78 is 0. The zero-order valence-corrected chi connectivity index (χ0v) is 18.5. The Kier molecular flexibility index (Phi) is 13.2. The van der Waals surface area contributed by atoms with E-state index >= 15 is 0 Å². The maximum absolute atomic E-state index is 3.76. The molecule has 2 aliphatic rings. The number of nitrogens with zero attached hydrogens (tertiary/aromatic N) is 1. The zero-order chi connectivity index (χ0) is 19.0. The van der Waals surface area contributed by atoms with Crippen LogP contribution in [0.4, 0.5) is 0 Å². The lowest BCUT2D eigenvalue weighted by Gasteiger charge is -2.33. The van der Waals surface area contributed by atoms with E-state index in [1.54, 1.807) is 5.57 Å². The van der Waals surface area contributed by atoms with E-state index in [-0.39, 0.29) is 0 Å². The largest absolute Gasteiger partial charge is 0.316 e. The van der Waals surface area contributed by atoms with Crippen LogP contribution in [0.3, 0.4) is 0 Å². The molecule has 1 saturated heterocycles. The van der Waals surface area contributed by atoms with Crippen molar-refractivity contribution in [2.24, 2.45) is 5.92 Å². The fraction of sp³-hybridized carbons (Fsp3) is 0.920. The summed E-state index contributed by atoms with van der Waals surface area (Å²) in [6, 6.07) is 0. The maximum Gasteiger partial charge on any atom is 0.00218 e. The number of hydrogen-bond donors (Lipinski definition) is 1. The molecule has 2 rings (SSSR count). The van der Waals surface area contributed by atoms with Crippen LogP contribution in [0.15, 0.2) is 11.6 Å². The quantitative estimate of drug-likeness (QED) is 0.252. The highest BCUT2D eigenvalue weighted by Crippen LogP contribution is 2.20. The Hall–Kier alpha value is -0.340. The predicted molar refractivity (Wildman–Crippen MR) is 120 cm³/mol. The lowest BCUT2D eigenvalue weighted by atomic mass is 9.96. The summed E-state index contributed by atoms with van der Waals surface area (Å²) in [4.78, 5) is 2.75. The van der Waals surface area contributed by atoms with E-state index in [0.29, 0.717) is 0 Å². The Morgan fingerprint density at radius 3 is 2.48 bits per heavy atom. The van der Waals surface area contributed by atoms with Crippen LogP contribution >= 0.6 is 0 Å². The second-order valence-electron chi connectivity index (χ2n) is 9.20. The van der Waals surface area contributed by atoms with Gasteiger partial charge in [-0.3, -0.25) is 0 Å². The van der Waals surface area contributed by atoms with Gasteiger partial charge >= 0.3 is 0 Å². The Balaban J connectivity index is 1.42. The van der Waals surface area contributed by atoms with Crippen LogP contribution in [0.5, 0.6) is 0 Å². The molecule has 0 spiro atoms. The molecule has 1 fully saturated rings. The minimum absolute atomic E-state index is 0.887. The number of rotatable bonds is 15. The molecule has 1 aliphatic carbocycles. The van der Waals surface area contributed by atoms with E-state index < -0.39 is 0 Å². The first-order valence-corrected chi connectivity index (χ1v) is 12.5. The average Bonchev–Trinajstić information content (AvgIpc) is 2.71. The number of hydrogen-bond acceptors (Lipinski definition) is 2. The molecule has 2 heteroatoms. The minimum Gasteiger partial charge on any atom is -0.316 e. The number of nitrogens with one attached hydrogen (secondary N) is 1. The van der Waals surface area contributed by atoms with Crippen LogP contribution in [0.2, 0.25) is 0 Å². The van der Waals surface area contributed by atoms with Crippen molar-refractivity contribution in [3.05, 3.63) is 11.6 Å². The van der Waals surface area contributed by atoms with Gasteiger partial charge in [0.15, 0.2) is 0 Å². The topological polar surface area (TPSA) is 15.3 Å². The predicted octanol–water partition coefficient (Wildman–Crippen LogP) is 6.71. The van der Waals surface area contributed by atoms with Crippen molar-refractivity contribution in [1.29, 1.82) is 0 Å². The van der Waals surface area contributed by atoms with Crippen LogP contribution < -0.4 is 5.32 Å². The first kappa shape index (κ1) is 22.9. The molecule has 0 aromatic heterocycles. The summed E-state index contributed by atoms with van der Waals surface area (Å²) in [5.41, 5.74) is 1.71. The van der Waals surface area contributed by atoms with E-state index in [2.05, 4.69) is 23.2 Å². The van der Waals surface area contributed by atoms with Gasteiger partial charge in [0.2, 0.25) is 0 Å². The van der Waals surface area contributed by atoms with Gasteiger partial charge in [0, 0.05) is 6.54 Å². The van der Waals surface area contributed by atoms with Crippen LogP contribution in [0.1, 0.15) is 110 Å². The molecule has 0 radical (unpaired) electrons. The van der Waals surface area contributed by atoms with E-state index in [9.17, 15) is 0 Å². The molecule has 1 aliphatic heterocycles. The fourth-order valence-electron chi connectivity index (χ4n) is 4.85. The summed E-state index contributed by atoms with van der Waals surface area (Å²) in [6.07, 6.45) is 25.1. The van der Waals surface area contributed by atoms with Gasteiger partial charge in [0.25, 0.3) is 0 Å². The van der Waals surface area contributed by atoms with Crippen molar-refractivity contribution < 1.29 is 0 Å². The summed E-state index contributed by atoms with van der Waals surface area (Å²) in [5, 5.41) is 3.76. The number of likely N-dealkylation sites (tertiary alicyclic amines) is 1. The maximum atomic E-state index is 3.76. The Labute approximate surface area is 170 Å². The van der Waals surface area contributed by atoms with E-state index in [1.807, 2.05) is 0 Å². The molecule has 0 aromatic rings. The highest BCUT2D eigenvalue weighted by Gasteiger charge is 2.19. The number of unbranched alkanes of at least 4 members (excludes halogenated alkanes) is 8. The monoisotopic (exact) mass is 376 g/mol. The molecule has 1 N–H and O–H groups in total. The third kappa shape index (κ3) is 11.3.